The van der Waals surface area contributed by atoms with Crippen LogP contribution in [0.1, 0.15) is 12.5 Å². The molecular formula is C15H21N3O3. The molecule has 1 fully saturated rings. The molecule has 0 atom stereocenters. The molecule has 0 aromatic heterocycles. The van der Waals surface area contributed by atoms with Gasteiger partial charge in [0.1, 0.15) is 0 Å². The molecule has 2 N–H and O–H groups in total. The minimum Gasteiger partial charge on any atom is -0.378 e. The highest BCUT2D eigenvalue weighted by Crippen LogP contribution is 2.11. The maximum atomic E-state index is 12.1. The van der Waals surface area contributed by atoms with Crippen molar-refractivity contribution in [3.05, 3.63) is 29.8 Å². The lowest BCUT2D eigenvalue weighted by molar-refractivity contribution is -0.134. The molecule has 1 aromatic carbocycles. The van der Waals surface area contributed by atoms with Gasteiger partial charge in [-0.15, -0.1) is 0 Å². The number of hydrogen-bond donors (Lipinski definition) is 2. The number of carbonyl (C=O) groups excluding carboxylic acids is 2. The quantitative estimate of drug-likeness (QED) is 0.876. The highest BCUT2D eigenvalue weighted by Gasteiger charge is 2.16. The maximum absolute atomic E-state index is 12.1. The Bertz CT molecular complexity index is 481. The Labute approximate surface area is 124 Å². The average molecular weight is 291 g/mol. The molecule has 114 valence electrons. The molecule has 21 heavy (non-hydrogen) atoms. The zero-order valence-electron chi connectivity index (χ0n) is 12.2. The molecule has 0 spiro atoms. The van der Waals surface area contributed by atoms with Crippen molar-refractivity contribution in [1.29, 1.82) is 0 Å². The van der Waals surface area contributed by atoms with E-state index in [1.165, 1.54) is 0 Å². The van der Waals surface area contributed by atoms with Gasteiger partial charge in [0.15, 0.2) is 0 Å². The van der Waals surface area contributed by atoms with Crippen LogP contribution in [0.2, 0.25) is 0 Å². The van der Waals surface area contributed by atoms with Crippen molar-refractivity contribution in [2.24, 2.45) is 0 Å². The van der Waals surface area contributed by atoms with E-state index in [4.69, 9.17) is 4.74 Å². The van der Waals surface area contributed by atoms with Crippen LogP contribution in [0.5, 0.6) is 0 Å². The molecule has 1 saturated heterocycles. The van der Waals surface area contributed by atoms with E-state index in [1.807, 2.05) is 24.0 Å². The zero-order valence-corrected chi connectivity index (χ0v) is 12.2. The summed E-state index contributed by atoms with van der Waals surface area (Å²) in [4.78, 5) is 25.3. The van der Waals surface area contributed by atoms with Gasteiger partial charge in [0.05, 0.1) is 19.6 Å². The van der Waals surface area contributed by atoms with Crippen molar-refractivity contribution < 1.29 is 14.3 Å². The molecule has 2 rings (SSSR count). The lowest BCUT2D eigenvalue weighted by atomic mass is 10.1. The summed E-state index contributed by atoms with van der Waals surface area (Å²) >= 11 is 0. The van der Waals surface area contributed by atoms with E-state index >= 15 is 0 Å². The van der Waals surface area contributed by atoms with Gasteiger partial charge >= 0.3 is 6.03 Å². The Morgan fingerprint density at radius 1 is 1.19 bits per heavy atom. The number of ether oxygens (including phenoxy) is 1. The number of nitrogens with zero attached hydrogens (tertiary/aromatic N) is 1. The van der Waals surface area contributed by atoms with E-state index in [1.54, 1.807) is 12.1 Å². The summed E-state index contributed by atoms with van der Waals surface area (Å²) in [6.07, 6.45) is 0.376. The number of carbonyl (C=O) groups is 2. The lowest BCUT2D eigenvalue weighted by Crippen LogP contribution is -2.41. The summed E-state index contributed by atoms with van der Waals surface area (Å²) in [5.41, 5.74) is 1.65. The number of rotatable bonds is 4. The van der Waals surface area contributed by atoms with Crippen LogP contribution in [0.25, 0.3) is 0 Å². The second-order valence-electron chi connectivity index (χ2n) is 4.85. The van der Waals surface area contributed by atoms with Crippen LogP contribution in [0, 0.1) is 0 Å². The molecule has 1 aromatic rings. The first-order valence-electron chi connectivity index (χ1n) is 7.18. The van der Waals surface area contributed by atoms with Crippen LogP contribution in [-0.4, -0.2) is 49.7 Å². The largest absolute Gasteiger partial charge is 0.378 e. The summed E-state index contributed by atoms with van der Waals surface area (Å²) in [5, 5.41) is 5.39. The highest BCUT2D eigenvalue weighted by molar-refractivity contribution is 5.89. The van der Waals surface area contributed by atoms with Crippen LogP contribution in [0.15, 0.2) is 24.3 Å². The predicted octanol–water partition coefficient (Wildman–Crippen LogP) is 1.23. The monoisotopic (exact) mass is 291 g/mol. The molecular weight excluding hydrogens is 270 g/mol. The SMILES string of the molecule is CCNC(=O)Nc1ccc(CC(=O)N2CCOCC2)cc1. The summed E-state index contributed by atoms with van der Waals surface area (Å²) in [7, 11) is 0. The first-order chi connectivity index (χ1) is 10.2. The Balaban J connectivity index is 1.86. The van der Waals surface area contributed by atoms with Crippen molar-refractivity contribution in [2.75, 3.05) is 38.2 Å². The van der Waals surface area contributed by atoms with Gasteiger partial charge in [0.25, 0.3) is 0 Å². The van der Waals surface area contributed by atoms with Gasteiger partial charge in [-0.1, -0.05) is 12.1 Å². The van der Waals surface area contributed by atoms with E-state index in [-0.39, 0.29) is 11.9 Å². The van der Waals surface area contributed by atoms with E-state index in [2.05, 4.69) is 10.6 Å². The topological polar surface area (TPSA) is 70.7 Å². The fraction of sp³-hybridized carbons (Fsp3) is 0.467. The number of hydrogen-bond acceptors (Lipinski definition) is 3. The normalized spacial score (nSPS) is 14.6. The molecule has 0 bridgehead atoms. The minimum absolute atomic E-state index is 0.114. The summed E-state index contributed by atoms with van der Waals surface area (Å²) in [6.45, 7) is 4.99. The third kappa shape index (κ3) is 4.75. The number of anilines is 1. The molecule has 0 aliphatic carbocycles. The van der Waals surface area contributed by atoms with Gasteiger partial charge < -0.3 is 20.3 Å². The van der Waals surface area contributed by atoms with Crippen LogP contribution in [0.4, 0.5) is 10.5 Å². The van der Waals surface area contributed by atoms with E-state index < -0.39 is 0 Å². The van der Waals surface area contributed by atoms with Crippen molar-refractivity contribution in [3.8, 4) is 0 Å². The minimum atomic E-state index is -0.227. The number of nitrogens with one attached hydrogen (secondary N) is 2. The van der Waals surface area contributed by atoms with Gasteiger partial charge in [0, 0.05) is 25.3 Å². The Morgan fingerprint density at radius 2 is 1.86 bits per heavy atom. The van der Waals surface area contributed by atoms with E-state index in [0.717, 1.165) is 5.56 Å². The molecule has 3 amide bonds. The van der Waals surface area contributed by atoms with Gasteiger partial charge in [0.2, 0.25) is 5.91 Å². The second kappa shape index (κ2) is 7.64. The van der Waals surface area contributed by atoms with Crippen molar-refractivity contribution in [2.45, 2.75) is 13.3 Å². The van der Waals surface area contributed by atoms with Gasteiger partial charge in [-0.3, -0.25) is 4.79 Å². The summed E-state index contributed by atoms with van der Waals surface area (Å²) in [6, 6.07) is 7.10. The molecule has 1 aliphatic heterocycles. The maximum Gasteiger partial charge on any atom is 0.319 e. The number of amides is 3. The number of urea groups is 1. The molecule has 0 radical (unpaired) electrons. The summed E-state index contributed by atoms with van der Waals surface area (Å²) < 4.78 is 5.23. The smallest absolute Gasteiger partial charge is 0.319 e. The van der Waals surface area contributed by atoms with Crippen molar-refractivity contribution in [3.63, 3.8) is 0 Å². The van der Waals surface area contributed by atoms with Crippen molar-refractivity contribution in [1.82, 2.24) is 10.2 Å². The molecule has 0 saturated carbocycles. The average Bonchev–Trinajstić information content (AvgIpc) is 2.50. The highest BCUT2D eigenvalue weighted by atomic mass is 16.5. The van der Waals surface area contributed by atoms with E-state index in [0.29, 0.717) is 45.0 Å². The molecule has 0 unspecified atom stereocenters. The molecule has 1 aliphatic rings. The standard InChI is InChI=1S/C15H21N3O3/c1-2-16-15(20)17-13-5-3-12(4-6-13)11-14(19)18-7-9-21-10-8-18/h3-6H,2,7-11H2,1H3,(H2,16,17,20). The van der Waals surface area contributed by atoms with Crippen LogP contribution in [0.3, 0.4) is 0 Å². The lowest BCUT2D eigenvalue weighted by Gasteiger charge is -2.26. The van der Waals surface area contributed by atoms with Gasteiger partial charge in [-0.25, -0.2) is 4.79 Å². The number of benzene rings is 1. The van der Waals surface area contributed by atoms with Crippen LogP contribution >= 0.6 is 0 Å². The summed E-state index contributed by atoms with van der Waals surface area (Å²) in [5.74, 6) is 0.114. The van der Waals surface area contributed by atoms with Crippen LogP contribution in [-0.2, 0) is 16.0 Å². The number of morpholine rings is 1. The van der Waals surface area contributed by atoms with Crippen molar-refractivity contribution >= 4 is 17.6 Å². The second-order valence-corrected chi connectivity index (χ2v) is 4.85. The van der Waals surface area contributed by atoms with Crippen LogP contribution < -0.4 is 10.6 Å². The van der Waals surface area contributed by atoms with Gasteiger partial charge in [-0.2, -0.15) is 0 Å². The Kier molecular flexibility index (Phi) is 5.57. The predicted molar refractivity (Wildman–Crippen MR) is 80.2 cm³/mol. The zero-order chi connectivity index (χ0) is 15.1. The third-order valence-corrected chi connectivity index (χ3v) is 3.27. The fourth-order valence-corrected chi connectivity index (χ4v) is 2.14. The third-order valence-electron chi connectivity index (χ3n) is 3.27. The first kappa shape index (κ1) is 15.3. The Morgan fingerprint density at radius 3 is 2.48 bits per heavy atom. The van der Waals surface area contributed by atoms with Gasteiger partial charge in [-0.05, 0) is 24.6 Å². The Hall–Kier alpha value is -2.08. The molecule has 6 heteroatoms. The first-order valence-corrected chi connectivity index (χ1v) is 7.18. The fourth-order valence-electron chi connectivity index (χ4n) is 2.14. The molecule has 6 nitrogen and oxygen atoms in total. The molecule has 1 heterocycles. The van der Waals surface area contributed by atoms with E-state index in [9.17, 15) is 9.59 Å².